The summed E-state index contributed by atoms with van der Waals surface area (Å²) in [6.45, 7) is 2.72. The van der Waals surface area contributed by atoms with Crippen LogP contribution in [-0.4, -0.2) is 27.0 Å². The van der Waals surface area contributed by atoms with Gasteiger partial charge < -0.3 is 15.5 Å². The van der Waals surface area contributed by atoms with Crippen LogP contribution in [0.4, 0.5) is 5.82 Å². The maximum Gasteiger partial charge on any atom is 0.251 e. The summed E-state index contributed by atoms with van der Waals surface area (Å²) in [5, 5.41) is 7.18. The Kier molecular flexibility index (Phi) is 3.78. The van der Waals surface area contributed by atoms with Crippen LogP contribution in [0.2, 0.25) is 0 Å². The predicted molar refractivity (Wildman–Crippen MR) is 82.3 cm³/mol. The molecule has 3 aromatic rings. The van der Waals surface area contributed by atoms with E-state index in [-0.39, 0.29) is 5.91 Å². The number of pyridine rings is 1. The Morgan fingerprint density at radius 1 is 1.45 bits per heavy atom. The highest BCUT2D eigenvalue weighted by Gasteiger charge is 2.13. The zero-order valence-corrected chi connectivity index (χ0v) is 12.2. The number of hydrogen-bond donors (Lipinski definition) is 2. The minimum atomic E-state index is -0.157. The fourth-order valence-corrected chi connectivity index (χ4v) is 2.13. The van der Waals surface area contributed by atoms with Crippen molar-refractivity contribution >= 4 is 17.4 Å². The van der Waals surface area contributed by atoms with Gasteiger partial charge in [-0.25, -0.2) is 4.98 Å². The third-order valence-corrected chi connectivity index (χ3v) is 3.32. The lowest BCUT2D eigenvalue weighted by Gasteiger charge is -2.05. The van der Waals surface area contributed by atoms with E-state index in [1.54, 1.807) is 30.7 Å². The number of nitrogen functional groups attached to an aromatic ring is 1. The number of amides is 1. The molecule has 1 amide bonds. The first-order valence-corrected chi connectivity index (χ1v) is 7.16. The highest BCUT2D eigenvalue weighted by Crippen LogP contribution is 2.19. The highest BCUT2D eigenvalue weighted by atomic mass is 16.3. The minimum Gasteiger partial charge on any atom is -0.472 e. The molecule has 0 aliphatic carbocycles. The summed E-state index contributed by atoms with van der Waals surface area (Å²) >= 11 is 0. The first-order chi connectivity index (χ1) is 10.7. The van der Waals surface area contributed by atoms with Crippen molar-refractivity contribution in [3.63, 3.8) is 0 Å². The third kappa shape index (κ3) is 2.65. The van der Waals surface area contributed by atoms with E-state index in [0.29, 0.717) is 29.4 Å². The van der Waals surface area contributed by atoms with E-state index in [2.05, 4.69) is 22.3 Å². The average Bonchev–Trinajstić information content (AvgIpc) is 3.16. The molecule has 0 saturated heterocycles. The number of aromatic nitrogens is 3. The molecule has 0 unspecified atom stereocenters. The van der Waals surface area contributed by atoms with E-state index in [0.717, 1.165) is 18.4 Å². The molecule has 114 valence electrons. The van der Waals surface area contributed by atoms with Crippen molar-refractivity contribution in [2.75, 3.05) is 12.3 Å². The third-order valence-electron chi connectivity index (χ3n) is 3.32. The van der Waals surface area contributed by atoms with E-state index >= 15 is 0 Å². The summed E-state index contributed by atoms with van der Waals surface area (Å²) in [5.41, 5.74) is 7.74. The molecule has 3 N–H and O–H groups in total. The number of nitrogens with two attached hydrogens (primary N) is 1. The molecule has 7 heteroatoms. The summed E-state index contributed by atoms with van der Waals surface area (Å²) in [6, 6.07) is 5.04. The molecular formula is C15H17N5O2. The van der Waals surface area contributed by atoms with Crippen molar-refractivity contribution < 1.29 is 9.21 Å². The molecular weight excluding hydrogens is 282 g/mol. The topological polar surface area (TPSA) is 98.5 Å². The lowest BCUT2D eigenvalue weighted by atomic mass is 10.2. The second-order valence-electron chi connectivity index (χ2n) is 5.00. The fourth-order valence-electron chi connectivity index (χ4n) is 2.13. The predicted octanol–water partition coefficient (Wildman–Crippen LogP) is 2.10. The van der Waals surface area contributed by atoms with E-state index in [1.807, 2.05) is 0 Å². The molecule has 0 aliphatic heterocycles. The number of nitrogens with one attached hydrogen (secondary N) is 1. The quantitative estimate of drug-likeness (QED) is 0.703. The summed E-state index contributed by atoms with van der Waals surface area (Å²) in [5.74, 6) is 0.708. The number of furan rings is 1. The summed E-state index contributed by atoms with van der Waals surface area (Å²) in [7, 11) is 0. The molecule has 0 aliphatic rings. The van der Waals surface area contributed by atoms with E-state index < -0.39 is 0 Å². The van der Waals surface area contributed by atoms with Crippen molar-refractivity contribution in [3.8, 4) is 11.4 Å². The van der Waals surface area contributed by atoms with Gasteiger partial charge in [0.15, 0.2) is 11.5 Å². The summed E-state index contributed by atoms with van der Waals surface area (Å²) in [6.07, 6.45) is 5.08. The number of fused-ring (bicyclic) bond motifs is 1. The molecule has 22 heavy (non-hydrogen) atoms. The zero-order valence-electron chi connectivity index (χ0n) is 12.2. The van der Waals surface area contributed by atoms with Crippen molar-refractivity contribution in [1.82, 2.24) is 19.9 Å². The van der Waals surface area contributed by atoms with Crippen LogP contribution in [0.3, 0.4) is 0 Å². The van der Waals surface area contributed by atoms with Gasteiger partial charge in [0.25, 0.3) is 5.91 Å². The van der Waals surface area contributed by atoms with Crippen LogP contribution in [0.1, 0.15) is 30.1 Å². The number of anilines is 1. The Morgan fingerprint density at radius 2 is 2.32 bits per heavy atom. The molecule has 0 bridgehead atoms. The molecule has 7 nitrogen and oxygen atoms in total. The van der Waals surface area contributed by atoms with Gasteiger partial charge in [-0.15, -0.1) is 5.10 Å². The molecule has 0 aromatic carbocycles. The Labute approximate surface area is 127 Å². The van der Waals surface area contributed by atoms with E-state index in [9.17, 15) is 4.79 Å². The van der Waals surface area contributed by atoms with Crippen LogP contribution in [0.25, 0.3) is 17.0 Å². The average molecular weight is 299 g/mol. The number of hydrogen-bond acceptors (Lipinski definition) is 5. The second-order valence-corrected chi connectivity index (χ2v) is 5.00. The van der Waals surface area contributed by atoms with Gasteiger partial charge in [0.1, 0.15) is 12.1 Å². The van der Waals surface area contributed by atoms with Gasteiger partial charge in [-0.05, 0) is 24.6 Å². The molecule has 0 saturated carbocycles. The monoisotopic (exact) mass is 299 g/mol. The van der Waals surface area contributed by atoms with Crippen LogP contribution in [0.5, 0.6) is 0 Å². The normalized spacial score (nSPS) is 11.0. The number of rotatable bonds is 5. The minimum absolute atomic E-state index is 0.157. The summed E-state index contributed by atoms with van der Waals surface area (Å²) in [4.78, 5) is 16.5. The summed E-state index contributed by atoms with van der Waals surface area (Å²) < 4.78 is 6.53. The lowest BCUT2D eigenvalue weighted by molar-refractivity contribution is 0.0953. The van der Waals surface area contributed by atoms with Crippen molar-refractivity contribution in [1.29, 1.82) is 0 Å². The van der Waals surface area contributed by atoms with Gasteiger partial charge in [-0.3, -0.25) is 4.79 Å². The fraction of sp³-hybridized carbons (Fsp3) is 0.267. The van der Waals surface area contributed by atoms with Gasteiger partial charge in [-0.1, -0.05) is 13.3 Å². The number of carbonyl (C=O) groups is 1. The van der Waals surface area contributed by atoms with Crippen molar-refractivity contribution in [2.24, 2.45) is 0 Å². The first kappa shape index (κ1) is 14.1. The van der Waals surface area contributed by atoms with Crippen molar-refractivity contribution in [2.45, 2.75) is 19.8 Å². The molecule has 0 radical (unpaired) electrons. The van der Waals surface area contributed by atoms with Crippen LogP contribution in [0, 0.1) is 0 Å². The van der Waals surface area contributed by atoms with Gasteiger partial charge in [0.2, 0.25) is 0 Å². The number of nitrogens with zero attached hydrogens (tertiary/aromatic N) is 3. The van der Waals surface area contributed by atoms with E-state index in [1.165, 1.54) is 4.52 Å². The van der Waals surface area contributed by atoms with Crippen LogP contribution in [-0.2, 0) is 0 Å². The van der Waals surface area contributed by atoms with Gasteiger partial charge in [0, 0.05) is 12.1 Å². The Hall–Kier alpha value is -2.83. The van der Waals surface area contributed by atoms with Crippen LogP contribution < -0.4 is 11.1 Å². The van der Waals surface area contributed by atoms with Gasteiger partial charge in [-0.2, -0.15) is 4.52 Å². The Morgan fingerprint density at radius 3 is 3.05 bits per heavy atom. The van der Waals surface area contributed by atoms with Crippen molar-refractivity contribution in [3.05, 3.63) is 36.3 Å². The van der Waals surface area contributed by atoms with Crippen LogP contribution >= 0.6 is 0 Å². The maximum absolute atomic E-state index is 12.1. The number of carbonyl (C=O) groups excluding carboxylic acids is 1. The smallest absolute Gasteiger partial charge is 0.251 e. The highest BCUT2D eigenvalue weighted by molar-refractivity contribution is 5.95. The Bertz CT molecular complexity index is 792. The Balaban J connectivity index is 1.92. The first-order valence-electron chi connectivity index (χ1n) is 7.16. The van der Waals surface area contributed by atoms with Gasteiger partial charge in [0.05, 0.1) is 11.8 Å². The molecule has 3 rings (SSSR count). The standard InChI is InChI=1S/C15H17N5O2/c1-2-3-5-17-15(21)11-7-12(16)20-13(8-11)18-14(19-20)10-4-6-22-9-10/h4,6-9H,2-3,5,16H2,1H3,(H,17,21). The van der Waals surface area contributed by atoms with Gasteiger partial charge >= 0.3 is 0 Å². The second kappa shape index (κ2) is 5.88. The lowest BCUT2D eigenvalue weighted by Crippen LogP contribution is -2.24. The van der Waals surface area contributed by atoms with E-state index in [4.69, 9.17) is 10.2 Å². The number of unbranched alkanes of at least 4 members (excludes halogenated alkanes) is 1. The largest absolute Gasteiger partial charge is 0.472 e. The molecule has 3 heterocycles. The SMILES string of the molecule is CCCCNC(=O)c1cc(N)n2nc(-c3ccoc3)nc2c1. The molecule has 0 fully saturated rings. The molecule has 0 atom stereocenters. The maximum atomic E-state index is 12.1. The molecule has 0 spiro atoms. The molecule has 3 aromatic heterocycles. The zero-order chi connectivity index (χ0) is 15.5. The van der Waals surface area contributed by atoms with Crippen LogP contribution in [0.15, 0.2) is 35.1 Å².